The van der Waals surface area contributed by atoms with Crippen LogP contribution in [0.15, 0.2) is 0 Å². The molecule has 3 heteroatoms. The maximum absolute atomic E-state index is 5.47. The van der Waals surface area contributed by atoms with E-state index in [-0.39, 0.29) is 0 Å². The van der Waals surface area contributed by atoms with Gasteiger partial charge in [-0.2, -0.15) is 0 Å². The summed E-state index contributed by atoms with van der Waals surface area (Å²) in [5.41, 5.74) is 0. The number of nitrogens with one attached hydrogen (secondary N) is 1. The molecule has 0 saturated carbocycles. The Morgan fingerprint density at radius 2 is 2.27 bits per heavy atom. The smallest absolute Gasteiger partial charge is 0.0619 e. The predicted molar refractivity (Wildman–Crippen MR) is 62.1 cm³/mol. The lowest BCUT2D eigenvalue weighted by Gasteiger charge is -2.32. The lowest BCUT2D eigenvalue weighted by atomic mass is 9.98. The molecule has 0 amide bonds. The van der Waals surface area contributed by atoms with Gasteiger partial charge in [-0.15, -0.1) is 0 Å². The summed E-state index contributed by atoms with van der Waals surface area (Å²) < 4.78 is 5.47. The van der Waals surface area contributed by atoms with Crippen LogP contribution in [-0.4, -0.2) is 50.8 Å². The van der Waals surface area contributed by atoms with Crippen molar-refractivity contribution < 1.29 is 4.74 Å². The highest BCUT2D eigenvalue weighted by Gasteiger charge is 2.19. The fourth-order valence-electron chi connectivity index (χ4n) is 2.67. The highest BCUT2D eigenvalue weighted by atomic mass is 16.5. The van der Waals surface area contributed by atoms with Crippen LogP contribution in [-0.2, 0) is 4.74 Å². The van der Waals surface area contributed by atoms with Gasteiger partial charge in [0.2, 0.25) is 0 Å². The highest BCUT2D eigenvalue weighted by molar-refractivity contribution is 4.76. The summed E-state index contributed by atoms with van der Waals surface area (Å²) in [5.74, 6) is 0.852. The number of hydrogen-bond donors (Lipinski definition) is 1. The highest BCUT2D eigenvalue weighted by Crippen LogP contribution is 2.15. The summed E-state index contributed by atoms with van der Waals surface area (Å²) in [6.45, 7) is 5.61. The summed E-state index contributed by atoms with van der Waals surface area (Å²) >= 11 is 0. The molecule has 2 saturated heterocycles. The number of rotatable bonds is 3. The van der Waals surface area contributed by atoms with E-state index in [1.165, 1.54) is 45.3 Å². The molecule has 2 fully saturated rings. The minimum absolute atomic E-state index is 0.617. The molecule has 1 N–H and O–H groups in total. The maximum atomic E-state index is 5.47. The van der Waals surface area contributed by atoms with E-state index in [0.29, 0.717) is 6.04 Å². The van der Waals surface area contributed by atoms with Crippen molar-refractivity contribution in [2.45, 2.75) is 31.7 Å². The Bertz CT molecular complexity index is 180. The first-order valence-electron chi connectivity index (χ1n) is 6.34. The lowest BCUT2D eigenvalue weighted by Crippen LogP contribution is -2.43. The van der Waals surface area contributed by atoms with Gasteiger partial charge in [0.1, 0.15) is 0 Å². The SMILES string of the molecule is CN1CCCC(CNC2CCCOC2)C1. The molecule has 0 aromatic carbocycles. The van der Waals surface area contributed by atoms with Gasteiger partial charge in [0.05, 0.1) is 6.61 Å². The molecule has 2 rings (SSSR count). The average Bonchev–Trinajstić information content (AvgIpc) is 2.28. The Balaban J connectivity index is 1.63. The minimum Gasteiger partial charge on any atom is -0.380 e. The zero-order chi connectivity index (χ0) is 10.5. The molecule has 0 aliphatic carbocycles. The van der Waals surface area contributed by atoms with Crippen LogP contribution < -0.4 is 5.32 Å². The normalized spacial score (nSPS) is 34.2. The van der Waals surface area contributed by atoms with Gasteiger partial charge in [0.15, 0.2) is 0 Å². The van der Waals surface area contributed by atoms with Crippen molar-refractivity contribution in [2.24, 2.45) is 5.92 Å². The van der Waals surface area contributed by atoms with Crippen LogP contribution in [0, 0.1) is 5.92 Å². The summed E-state index contributed by atoms with van der Waals surface area (Å²) in [6.07, 6.45) is 5.28. The van der Waals surface area contributed by atoms with Crippen molar-refractivity contribution in [1.82, 2.24) is 10.2 Å². The second kappa shape index (κ2) is 5.83. The van der Waals surface area contributed by atoms with E-state index in [1.54, 1.807) is 0 Å². The first-order valence-corrected chi connectivity index (χ1v) is 6.34. The standard InChI is InChI=1S/C12H24N2O/c1-14-6-2-4-11(9-14)8-13-12-5-3-7-15-10-12/h11-13H,2-10H2,1H3. The van der Waals surface area contributed by atoms with Crippen molar-refractivity contribution in [1.29, 1.82) is 0 Å². The second-order valence-corrected chi connectivity index (χ2v) is 5.09. The van der Waals surface area contributed by atoms with Gasteiger partial charge in [0, 0.05) is 19.2 Å². The summed E-state index contributed by atoms with van der Waals surface area (Å²) in [4.78, 5) is 2.45. The van der Waals surface area contributed by atoms with Gasteiger partial charge in [0.25, 0.3) is 0 Å². The fraction of sp³-hybridized carbons (Fsp3) is 1.00. The molecule has 88 valence electrons. The molecule has 2 atom stereocenters. The third-order valence-corrected chi connectivity index (χ3v) is 3.58. The van der Waals surface area contributed by atoms with E-state index in [2.05, 4.69) is 17.3 Å². The van der Waals surface area contributed by atoms with Crippen molar-refractivity contribution >= 4 is 0 Å². The molecule has 2 unspecified atom stereocenters. The zero-order valence-corrected chi connectivity index (χ0v) is 9.87. The average molecular weight is 212 g/mol. The molecule has 0 spiro atoms. The maximum Gasteiger partial charge on any atom is 0.0619 e. The number of nitrogens with zero attached hydrogens (tertiary/aromatic N) is 1. The van der Waals surface area contributed by atoms with Crippen LogP contribution in [0.4, 0.5) is 0 Å². The Labute approximate surface area is 93.2 Å². The van der Waals surface area contributed by atoms with E-state index >= 15 is 0 Å². The third-order valence-electron chi connectivity index (χ3n) is 3.58. The molecule has 0 aromatic rings. The van der Waals surface area contributed by atoms with Crippen molar-refractivity contribution in [2.75, 3.05) is 39.9 Å². The Kier molecular flexibility index (Phi) is 4.42. The van der Waals surface area contributed by atoms with Crippen LogP contribution in [0.25, 0.3) is 0 Å². The first-order chi connectivity index (χ1) is 7.34. The molecule has 15 heavy (non-hydrogen) atoms. The van der Waals surface area contributed by atoms with E-state index < -0.39 is 0 Å². The van der Waals surface area contributed by atoms with Crippen molar-refractivity contribution in [3.05, 3.63) is 0 Å². The van der Waals surface area contributed by atoms with E-state index in [0.717, 1.165) is 19.1 Å². The molecule has 2 heterocycles. The first kappa shape index (κ1) is 11.4. The van der Waals surface area contributed by atoms with E-state index in [9.17, 15) is 0 Å². The number of piperidine rings is 1. The lowest BCUT2D eigenvalue weighted by molar-refractivity contribution is 0.0672. The number of ether oxygens (including phenoxy) is 1. The molecule has 2 aliphatic rings. The van der Waals surface area contributed by atoms with Gasteiger partial charge in [-0.1, -0.05) is 0 Å². The van der Waals surface area contributed by atoms with E-state index in [4.69, 9.17) is 4.74 Å². The zero-order valence-electron chi connectivity index (χ0n) is 9.87. The molecular formula is C12H24N2O. The Morgan fingerprint density at radius 1 is 1.33 bits per heavy atom. The third kappa shape index (κ3) is 3.74. The molecular weight excluding hydrogens is 188 g/mol. The van der Waals surface area contributed by atoms with Crippen LogP contribution in [0.2, 0.25) is 0 Å². The molecule has 2 aliphatic heterocycles. The second-order valence-electron chi connectivity index (χ2n) is 5.09. The van der Waals surface area contributed by atoms with Gasteiger partial charge in [-0.25, -0.2) is 0 Å². The molecule has 0 radical (unpaired) electrons. The molecule has 3 nitrogen and oxygen atoms in total. The number of likely N-dealkylation sites (tertiary alicyclic amines) is 1. The quantitative estimate of drug-likeness (QED) is 0.758. The van der Waals surface area contributed by atoms with Crippen LogP contribution >= 0.6 is 0 Å². The largest absolute Gasteiger partial charge is 0.380 e. The number of hydrogen-bond acceptors (Lipinski definition) is 3. The van der Waals surface area contributed by atoms with Gasteiger partial charge < -0.3 is 15.0 Å². The van der Waals surface area contributed by atoms with Gasteiger partial charge in [-0.05, 0) is 51.7 Å². The monoisotopic (exact) mass is 212 g/mol. The van der Waals surface area contributed by atoms with Crippen molar-refractivity contribution in [3.63, 3.8) is 0 Å². The van der Waals surface area contributed by atoms with Crippen LogP contribution in [0.1, 0.15) is 25.7 Å². The Hall–Kier alpha value is -0.120. The summed E-state index contributed by atoms with van der Waals surface area (Å²) in [7, 11) is 2.23. The van der Waals surface area contributed by atoms with Crippen LogP contribution in [0.5, 0.6) is 0 Å². The van der Waals surface area contributed by atoms with Gasteiger partial charge >= 0.3 is 0 Å². The molecule has 0 bridgehead atoms. The summed E-state index contributed by atoms with van der Waals surface area (Å²) in [5, 5.41) is 3.66. The van der Waals surface area contributed by atoms with Crippen LogP contribution in [0.3, 0.4) is 0 Å². The fourth-order valence-corrected chi connectivity index (χ4v) is 2.67. The van der Waals surface area contributed by atoms with E-state index in [1.807, 2.05) is 0 Å². The van der Waals surface area contributed by atoms with Crippen molar-refractivity contribution in [3.8, 4) is 0 Å². The predicted octanol–water partition coefficient (Wildman–Crippen LogP) is 1.10. The Morgan fingerprint density at radius 3 is 3.00 bits per heavy atom. The minimum atomic E-state index is 0.617. The molecule has 0 aromatic heterocycles. The van der Waals surface area contributed by atoms with Gasteiger partial charge in [-0.3, -0.25) is 0 Å². The summed E-state index contributed by atoms with van der Waals surface area (Å²) in [6, 6.07) is 0.617. The topological polar surface area (TPSA) is 24.5 Å².